The van der Waals surface area contributed by atoms with E-state index in [1.54, 1.807) is 6.92 Å². The van der Waals surface area contributed by atoms with Crippen molar-refractivity contribution in [1.82, 2.24) is 19.4 Å². The van der Waals surface area contributed by atoms with Crippen LogP contribution in [-0.4, -0.2) is 45.5 Å². The largest absolute Gasteiger partial charge is 0.378 e. The average molecular weight is 321 g/mol. The molecule has 7 nitrogen and oxygen atoms in total. The molecule has 0 unspecified atom stereocenters. The van der Waals surface area contributed by atoms with Crippen LogP contribution >= 0.6 is 11.5 Å². The summed E-state index contributed by atoms with van der Waals surface area (Å²) in [5.74, 6) is 1.43. The Morgan fingerprint density at radius 2 is 2.27 bits per heavy atom. The van der Waals surface area contributed by atoms with Crippen LogP contribution in [0.15, 0.2) is 4.52 Å². The molecule has 3 heterocycles. The molecule has 1 aliphatic rings. The number of rotatable bonds is 3. The van der Waals surface area contributed by atoms with E-state index < -0.39 is 0 Å². The number of nitrogens with zero attached hydrogens (tertiary/aromatic N) is 4. The van der Waals surface area contributed by atoms with Crippen LogP contribution in [0.2, 0.25) is 0 Å². The first-order chi connectivity index (χ1) is 10.6. The predicted molar refractivity (Wildman–Crippen MR) is 83.3 cm³/mol. The Morgan fingerprint density at radius 1 is 1.45 bits per heavy atom. The van der Waals surface area contributed by atoms with Crippen molar-refractivity contribution >= 4 is 22.4 Å². The number of nitrogens with one attached hydrogen (secondary N) is 1. The molecule has 2 aromatic heterocycles. The van der Waals surface area contributed by atoms with E-state index in [2.05, 4.69) is 19.8 Å². The summed E-state index contributed by atoms with van der Waals surface area (Å²) in [6.07, 6.45) is 1.91. The van der Waals surface area contributed by atoms with Gasteiger partial charge < -0.3 is 14.7 Å². The van der Waals surface area contributed by atoms with Crippen molar-refractivity contribution in [2.24, 2.45) is 0 Å². The highest BCUT2D eigenvalue weighted by Gasteiger charge is 2.30. The Labute approximate surface area is 132 Å². The first kappa shape index (κ1) is 15.0. The minimum Gasteiger partial charge on any atom is -0.378 e. The van der Waals surface area contributed by atoms with Crippen molar-refractivity contribution in [3.05, 3.63) is 23.0 Å². The summed E-state index contributed by atoms with van der Waals surface area (Å²) in [7, 11) is 1.81. The Kier molecular flexibility index (Phi) is 4.10. The van der Waals surface area contributed by atoms with Crippen LogP contribution in [-0.2, 0) is 0 Å². The number of likely N-dealkylation sites (tertiary alicyclic amines) is 1. The van der Waals surface area contributed by atoms with Gasteiger partial charge in [0.1, 0.15) is 5.00 Å². The molecule has 3 rings (SSSR count). The third-order valence-electron chi connectivity index (χ3n) is 3.92. The maximum absolute atomic E-state index is 12.8. The smallest absolute Gasteiger partial charge is 0.258 e. The van der Waals surface area contributed by atoms with Gasteiger partial charge in [-0.15, -0.1) is 0 Å². The molecular formula is C14H19N5O2S. The maximum atomic E-state index is 12.8. The fourth-order valence-electron chi connectivity index (χ4n) is 2.80. The van der Waals surface area contributed by atoms with Gasteiger partial charge in [0.25, 0.3) is 5.91 Å². The highest BCUT2D eigenvalue weighted by molar-refractivity contribution is 7.10. The molecule has 8 heteroatoms. The number of amides is 1. The molecule has 0 aliphatic carbocycles. The number of carbonyl (C=O) groups is 1. The first-order valence-electron chi connectivity index (χ1n) is 7.33. The van der Waals surface area contributed by atoms with Gasteiger partial charge >= 0.3 is 0 Å². The molecule has 1 atom stereocenters. The SMILES string of the molecule is CNc1snc(C)c1C(=O)N1CCC[C@@H](c2noc(C)n2)C1. The fraction of sp³-hybridized carbons (Fsp3) is 0.571. The number of carbonyl (C=O) groups excluding carboxylic acids is 1. The minimum atomic E-state index is 0.0283. The lowest BCUT2D eigenvalue weighted by molar-refractivity contribution is 0.0704. The van der Waals surface area contributed by atoms with E-state index in [0.717, 1.165) is 30.1 Å². The standard InChI is InChI=1S/C14H19N5O2S/c1-8-11(13(15-3)22-18-8)14(20)19-6-4-5-10(7-19)12-16-9(2)21-17-12/h10,15H,4-7H2,1-3H3/t10-/m1/s1. The molecule has 0 aromatic carbocycles. The molecule has 0 radical (unpaired) electrons. The van der Waals surface area contributed by atoms with E-state index >= 15 is 0 Å². The van der Waals surface area contributed by atoms with Crippen molar-refractivity contribution in [2.45, 2.75) is 32.6 Å². The highest BCUT2D eigenvalue weighted by atomic mass is 32.1. The molecule has 0 bridgehead atoms. The molecule has 1 N–H and O–H groups in total. The van der Waals surface area contributed by atoms with Gasteiger partial charge in [0.15, 0.2) is 5.82 Å². The number of aromatic nitrogens is 3. The van der Waals surface area contributed by atoms with E-state index in [4.69, 9.17) is 4.52 Å². The number of anilines is 1. The van der Waals surface area contributed by atoms with Crippen LogP contribution in [0, 0.1) is 13.8 Å². The van der Waals surface area contributed by atoms with Crippen molar-refractivity contribution < 1.29 is 9.32 Å². The van der Waals surface area contributed by atoms with Gasteiger partial charge in [-0.3, -0.25) is 4.79 Å². The van der Waals surface area contributed by atoms with Crippen LogP contribution in [0.3, 0.4) is 0 Å². The fourth-order valence-corrected chi connectivity index (χ4v) is 3.54. The Morgan fingerprint density at radius 3 is 2.95 bits per heavy atom. The summed E-state index contributed by atoms with van der Waals surface area (Å²) >= 11 is 1.32. The van der Waals surface area contributed by atoms with Crippen LogP contribution in [0.4, 0.5) is 5.00 Å². The summed E-state index contributed by atoms with van der Waals surface area (Å²) in [6, 6.07) is 0. The van der Waals surface area contributed by atoms with Crippen LogP contribution in [0.25, 0.3) is 0 Å². The quantitative estimate of drug-likeness (QED) is 0.933. The van der Waals surface area contributed by atoms with Crippen molar-refractivity contribution in [1.29, 1.82) is 0 Å². The van der Waals surface area contributed by atoms with E-state index in [1.807, 2.05) is 18.9 Å². The molecular weight excluding hydrogens is 302 g/mol. The van der Waals surface area contributed by atoms with Gasteiger partial charge in [-0.2, -0.15) is 9.36 Å². The van der Waals surface area contributed by atoms with Gasteiger partial charge in [-0.05, 0) is 31.3 Å². The van der Waals surface area contributed by atoms with Gasteiger partial charge in [0.2, 0.25) is 5.89 Å². The molecule has 0 spiro atoms. The van der Waals surface area contributed by atoms with Crippen molar-refractivity contribution in [3.63, 3.8) is 0 Å². The molecule has 1 amide bonds. The first-order valence-corrected chi connectivity index (χ1v) is 8.11. The number of aryl methyl sites for hydroxylation is 2. The Balaban J connectivity index is 1.79. The maximum Gasteiger partial charge on any atom is 0.258 e. The zero-order valence-corrected chi connectivity index (χ0v) is 13.7. The van der Waals surface area contributed by atoms with Gasteiger partial charge in [-0.25, -0.2) is 0 Å². The average Bonchev–Trinajstić information content (AvgIpc) is 3.12. The summed E-state index contributed by atoms with van der Waals surface area (Å²) < 4.78 is 9.33. The summed E-state index contributed by atoms with van der Waals surface area (Å²) in [4.78, 5) is 19.0. The zero-order chi connectivity index (χ0) is 15.7. The molecule has 1 fully saturated rings. The minimum absolute atomic E-state index is 0.0283. The molecule has 1 saturated heterocycles. The molecule has 22 heavy (non-hydrogen) atoms. The molecule has 0 saturated carbocycles. The third-order valence-corrected chi connectivity index (χ3v) is 4.88. The Bertz CT molecular complexity index is 681. The van der Waals surface area contributed by atoms with Crippen LogP contribution in [0.5, 0.6) is 0 Å². The Hall–Kier alpha value is -1.96. The van der Waals surface area contributed by atoms with Gasteiger partial charge in [0.05, 0.1) is 11.3 Å². The highest BCUT2D eigenvalue weighted by Crippen LogP contribution is 2.30. The topological polar surface area (TPSA) is 84.2 Å². The van der Waals surface area contributed by atoms with Crippen LogP contribution in [0.1, 0.15) is 46.5 Å². The predicted octanol–water partition coefficient (Wildman–Crippen LogP) is 2.20. The summed E-state index contributed by atoms with van der Waals surface area (Å²) in [6.45, 7) is 5.03. The number of hydrogen-bond donors (Lipinski definition) is 1. The second-order valence-electron chi connectivity index (χ2n) is 5.48. The third kappa shape index (κ3) is 2.70. The van der Waals surface area contributed by atoms with E-state index in [-0.39, 0.29) is 11.8 Å². The van der Waals surface area contributed by atoms with E-state index in [1.165, 1.54) is 11.5 Å². The second-order valence-corrected chi connectivity index (χ2v) is 6.26. The zero-order valence-electron chi connectivity index (χ0n) is 12.9. The van der Waals surface area contributed by atoms with Crippen molar-refractivity contribution in [3.8, 4) is 0 Å². The normalized spacial score (nSPS) is 18.5. The monoisotopic (exact) mass is 321 g/mol. The molecule has 2 aromatic rings. The summed E-state index contributed by atoms with van der Waals surface area (Å²) in [5, 5.41) is 7.87. The molecule has 118 valence electrons. The lowest BCUT2D eigenvalue weighted by atomic mass is 9.96. The second kappa shape index (κ2) is 6.04. The van der Waals surface area contributed by atoms with Crippen LogP contribution < -0.4 is 5.32 Å². The molecule has 1 aliphatic heterocycles. The number of hydrogen-bond acceptors (Lipinski definition) is 7. The van der Waals surface area contributed by atoms with E-state index in [0.29, 0.717) is 23.8 Å². The number of piperidine rings is 1. The lowest BCUT2D eigenvalue weighted by Crippen LogP contribution is -2.39. The lowest BCUT2D eigenvalue weighted by Gasteiger charge is -2.31. The van der Waals surface area contributed by atoms with E-state index in [9.17, 15) is 4.79 Å². The van der Waals surface area contributed by atoms with Gasteiger partial charge in [0, 0.05) is 33.0 Å². The van der Waals surface area contributed by atoms with Gasteiger partial charge in [-0.1, -0.05) is 5.16 Å². The summed E-state index contributed by atoms with van der Waals surface area (Å²) in [5.41, 5.74) is 1.45. The van der Waals surface area contributed by atoms with Crippen molar-refractivity contribution in [2.75, 3.05) is 25.5 Å².